The second-order valence-electron chi connectivity index (χ2n) is 5.65. The van der Waals surface area contributed by atoms with Gasteiger partial charge in [0.05, 0.1) is 0 Å². The molecule has 0 radical (unpaired) electrons. The third-order valence-corrected chi connectivity index (χ3v) is 3.28. The van der Waals surface area contributed by atoms with Crippen LogP contribution in [0.4, 0.5) is 0 Å². The number of nitrogens with one attached hydrogen (secondary N) is 1. The summed E-state index contributed by atoms with van der Waals surface area (Å²) in [6, 6.07) is 9.23. The van der Waals surface area contributed by atoms with Crippen LogP contribution in [0.3, 0.4) is 0 Å². The van der Waals surface area contributed by atoms with Gasteiger partial charge in [0, 0.05) is 6.42 Å². The van der Waals surface area contributed by atoms with E-state index in [2.05, 4.69) is 5.32 Å². The molecule has 0 heterocycles. The summed E-state index contributed by atoms with van der Waals surface area (Å²) in [5.41, 5.74) is -1.35. The number of carboxylic acid groups (broad SMARTS) is 2. The minimum atomic E-state index is -2.28. The number of rotatable bonds is 8. The lowest BCUT2D eigenvalue weighted by Gasteiger charge is -2.27. The molecule has 0 aliphatic rings. The van der Waals surface area contributed by atoms with E-state index in [1.54, 1.807) is 13.8 Å². The number of carboxylic acids is 2. The Morgan fingerprint density at radius 3 is 2.09 bits per heavy atom. The van der Waals surface area contributed by atoms with Gasteiger partial charge in [-0.2, -0.15) is 0 Å². The number of carbonyl (C=O) groups excluding carboxylic acids is 1. The van der Waals surface area contributed by atoms with E-state index in [0.29, 0.717) is 6.42 Å². The van der Waals surface area contributed by atoms with Crippen molar-refractivity contribution in [2.75, 3.05) is 0 Å². The molecule has 0 spiro atoms. The molecule has 1 aromatic carbocycles. The summed E-state index contributed by atoms with van der Waals surface area (Å²) in [7, 11) is 0. The Bertz CT molecular complexity index is 525. The van der Waals surface area contributed by atoms with E-state index in [1.165, 1.54) is 0 Å². The molecule has 0 saturated heterocycles. The molecule has 0 aromatic heterocycles. The predicted molar refractivity (Wildman–Crippen MR) is 80.4 cm³/mol. The largest absolute Gasteiger partial charge is 0.479 e. The SMILES string of the molecule is CC(C)CC(NC(=O)CCc1ccccc1)(C(=O)O)C(=O)O. The zero-order valence-corrected chi connectivity index (χ0v) is 12.7. The van der Waals surface area contributed by atoms with Gasteiger partial charge >= 0.3 is 11.9 Å². The Hall–Kier alpha value is -2.37. The fourth-order valence-electron chi connectivity index (χ4n) is 2.24. The molecule has 0 aliphatic carbocycles. The zero-order valence-electron chi connectivity index (χ0n) is 12.7. The lowest BCUT2D eigenvalue weighted by Crippen LogP contribution is -2.60. The molecule has 0 fully saturated rings. The van der Waals surface area contributed by atoms with Gasteiger partial charge in [-0.15, -0.1) is 0 Å². The van der Waals surface area contributed by atoms with Crippen LogP contribution in [-0.4, -0.2) is 33.6 Å². The van der Waals surface area contributed by atoms with Crippen LogP contribution in [0.2, 0.25) is 0 Å². The molecule has 3 N–H and O–H groups in total. The van der Waals surface area contributed by atoms with Crippen molar-refractivity contribution in [1.82, 2.24) is 5.32 Å². The molecule has 0 atom stereocenters. The number of aryl methyl sites for hydroxylation is 1. The van der Waals surface area contributed by atoms with E-state index in [9.17, 15) is 24.6 Å². The number of amides is 1. The van der Waals surface area contributed by atoms with Crippen LogP contribution < -0.4 is 5.32 Å². The molecule has 0 saturated carbocycles. The average molecular weight is 307 g/mol. The highest BCUT2D eigenvalue weighted by molar-refractivity contribution is 6.06. The van der Waals surface area contributed by atoms with Crippen molar-refractivity contribution in [2.45, 2.75) is 38.6 Å². The van der Waals surface area contributed by atoms with Gasteiger partial charge in [0.1, 0.15) is 0 Å². The second-order valence-corrected chi connectivity index (χ2v) is 5.65. The molecule has 0 bridgehead atoms. The first kappa shape index (κ1) is 17.7. The summed E-state index contributed by atoms with van der Waals surface area (Å²) in [5.74, 6) is -3.89. The van der Waals surface area contributed by atoms with Crippen molar-refractivity contribution < 1.29 is 24.6 Å². The van der Waals surface area contributed by atoms with Crippen molar-refractivity contribution in [3.05, 3.63) is 35.9 Å². The number of aliphatic carboxylic acids is 2. The van der Waals surface area contributed by atoms with E-state index >= 15 is 0 Å². The summed E-state index contributed by atoms with van der Waals surface area (Å²) >= 11 is 0. The van der Waals surface area contributed by atoms with Crippen molar-refractivity contribution >= 4 is 17.8 Å². The molecule has 1 rings (SSSR count). The Labute approximate surface area is 129 Å². The van der Waals surface area contributed by atoms with Crippen LogP contribution in [0.15, 0.2) is 30.3 Å². The lowest BCUT2D eigenvalue weighted by atomic mass is 9.88. The van der Waals surface area contributed by atoms with E-state index in [-0.39, 0.29) is 18.8 Å². The molecule has 6 nitrogen and oxygen atoms in total. The summed E-state index contributed by atoms with van der Waals surface area (Å²) in [4.78, 5) is 34.8. The number of carbonyl (C=O) groups is 3. The number of benzene rings is 1. The zero-order chi connectivity index (χ0) is 16.8. The number of hydrogen-bond acceptors (Lipinski definition) is 3. The molecular weight excluding hydrogens is 286 g/mol. The van der Waals surface area contributed by atoms with Crippen molar-refractivity contribution in [3.8, 4) is 0 Å². The summed E-state index contributed by atoms with van der Waals surface area (Å²) in [6.07, 6.45) is 0.281. The highest BCUT2D eigenvalue weighted by Crippen LogP contribution is 2.19. The smallest absolute Gasteiger partial charge is 0.341 e. The van der Waals surface area contributed by atoms with Gasteiger partial charge in [0.15, 0.2) is 0 Å². The Balaban J connectivity index is 2.78. The summed E-state index contributed by atoms with van der Waals surface area (Å²) in [5, 5.41) is 20.8. The first-order valence-corrected chi connectivity index (χ1v) is 7.09. The maximum atomic E-state index is 12.0. The van der Waals surface area contributed by atoms with Crippen LogP contribution in [0.5, 0.6) is 0 Å². The molecule has 1 amide bonds. The van der Waals surface area contributed by atoms with Gasteiger partial charge in [0.2, 0.25) is 11.4 Å². The lowest BCUT2D eigenvalue weighted by molar-refractivity contribution is -0.162. The second kappa shape index (κ2) is 7.59. The minimum Gasteiger partial charge on any atom is -0.479 e. The predicted octanol–water partition coefficient (Wildman–Crippen LogP) is 1.69. The molecule has 6 heteroatoms. The molecule has 120 valence electrons. The molecular formula is C16H21NO5. The van der Waals surface area contributed by atoms with Gasteiger partial charge in [0.25, 0.3) is 0 Å². The van der Waals surface area contributed by atoms with Gasteiger partial charge < -0.3 is 15.5 Å². The van der Waals surface area contributed by atoms with Gasteiger partial charge in [-0.3, -0.25) is 4.79 Å². The maximum Gasteiger partial charge on any atom is 0.341 e. The van der Waals surface area contributed by atoms with E-state index < -0.39 is 23.4 Å². The van der Waals surface area contributed by atoms with Gasteiger partial charge in [-0.1, -0.05) is 44.2 Å². The summed E-state index contributed by atoms with van der Waals surface area (Å²) < 4.78 is 0. The van der Waals surface area contributed by atoms with Crippen molar-refractivity contribution in [3.63, 3.8) is 0 Å². The molecule has 0 unspecified atom stereocenters. The first-order chi connectivity index (χ1) is 10.3. The van der Waals surface area contributed by atoms with Crippen LogP contribution in [0.25, 0.3) is 0 Å². The maximum absolute atomic E-state index is 12.0. The quantitative estimate of drug-likeness (QED) is 0.634. The van der Waals surface area contributed by atoms with Crippen LogP contribution in [-0.2, 0) is 20.8 Å². The molecule has 1 aromatic rings. The van der Waals surface area contributed by atoms with Crippen LogP contribution in [0.1, 0.15) is 32.3 Å². The normalized spacial score (nSPS) is 11.2. The monoisotopic (exact) mass is 307 g/mol. The standard InChI is InChI=1S/C16H21NO5/c1-11(2)10-16(14(19)20,15(21)22)17-13(18)9-8-12-6-4-3-5-7-12/h3-7,11H,8-10H2,1-2H3,(H,17,18)(H,19,20)(H,21,22). The van der Waals surface area contributed by atoms with Crippen LogP contribution >= 0.6 is 0 Å². The Morgan fingerprint density at radius 2 is 1.64 bits per heavy atom. The highest BCUT2D eigenvalue weighted by atomic mass is 16.4. The highest BCUT2D eigenvalue weighted by Gasteiger charge is 2.48. The Morgan fingerprint density at radius 1 is 1.09 bits per heavy atom. The van der Waals surface area contributed by atoms with E-state index in [1.807, 2.05) is 30.3 Å². The first-order valence-electron chi connectivity index (χ1n) is 7.09. The van der Waals surface area contributed by atoms with Crippen LogP contribution in [0, 0.1) is 5.92 Å². The van der Waals surface area contributed by atoms with Crippen molar-refractivity contribution in [1.29, 1.82) is 0 Å². The van der Waals surface area contributed by atoms with Gasteiger partial charge in [-0.25, -0.2) is 9.59 Å². The molecule has 0 aliphatic heterocycles. The van der Waals surface area contributed by atoms with Crippen molar-refractivity contribution in [2.24, 2.45) is 5.92 Å². The van der Waals surface area contributed by atoms with E-state index in [0.717, 1.165) is 5.56 Å². The third-order valence-electron chi connectivity index (χ3n) is 3.28. The minimum absolute atomic E-state index is 0.0322. The summed E-state index contributed by atoms with van der Waals surface area (Å²) in [6.45, 7) is 3.41. The topological polar surface area (TPSA) is 104 Å². The Kier molecular flexibility index (Phi) is 6.10. The fourth-order valence-corrected chi connectivity index (χ4v) is 2.24. The average Bonchev–Trinajstić information content (AvgIpc) is 2.44. The van der Waals surface area contributed by atoms with Gasteiger partial charge in [-0.05, 0) is 24.3 Å². The molecule has 22 heavy (non-hydrogen) atoms. The third kappa shape index (κ3) is 4.58. The number of hydrogen-bond donors (Lipinski definition) is 3. The fraction of sp³-hybridized carbons (Fsp3) is 0.438. The van der Waals surface area contributed by atoms with E-state index in [4.69, 9.17) is 0 Å².